The van der Waals surface area contributed by atoms with Gasteiger partial charge in [-0.2, -0.15) is 10.1 Å². The minimum Gasteiger partial charge on any atom is -0.494 e. The fraction of sp³-hybridized carbons (Fsp3) is 0.375. The van der Waals surface area contributed by atoms with Gasteiger partial charge in [-0.25, -0.2) is 15.0 Å². The number of amides is 1. The molecule has 1 unspecified atom stereocenters. The number of fused-ring (bicyclic) bond motifs is 1. The maximum Gasteiger partial charge on any atom is 0.238 e. The zero-order chi connectivity index (χ0) is 31.8. The molecule has 1 amide bonds. The highest BCUT2D eigenvalue weighted by Crippen LogP contribution is 2.38. The summed E-state index contributed by atoms with van der Waals surface area (Å²) in [5, 5.41) is 14.9. The molecule has 1 atom stereocenters. The summed E-state index contributed by atoms with van der Waals surface area (Å²) in [5.41, 5.74) is 4.90. The van der Waals surface area contributed by atoms with Crippen LogP contribution in [0.2, 0.25) is 0 Å². The highest BCUT2D eigenvalue weighted by atomic mass is 16.5. The lowest BCUT2D eigenvalue weighted by Gasteiger charge is -2.17. The number of aromatic amines is 1. The van der Waals surface area contributed by atoms with Gasteiger partial charge in [0.25, 0.3) is 0 Å². The number of likely N-dealkylation sites (tertiary alicyclic amines) is 1. The van der Waals surface area contributed by atoms with Gasteiger partial charge >= 0.3 is 0 Å². The first kappa shape index (κ1) is 29.5. The second kappa shape index (κ2) is 12.3. The number of rotatable bonds is 11. The second-order valence-electron chi connectivity index (χ2n) is 11.9. The third-order valence-electron chi connectivity index (χ3n) is 8.31. The number of anilines is 4. The van der Waals surface area contributed by atoms with E-state index in [1.807, 2.05) is 45.3 Å². The van der Waals surface area contributed by atoms with Gasteiger partial charge in [0.05, 0.1) is 24.9 Å². The molecule has 0 radical (unpaired) electrons. The van der Waals surface area contributed by atoms with Crippen molar-refractivity contribution in [2.45, 2.75) is 45.3 Å². The van der Waals surface area contributed by atoms with E-state index in [-0.39, 0.29) is 18.6 Å². The van der Waals surface area contributed by atoms with Gasteiger partial charge in [0, 0.05) is 73.5 Å². The van der Waals surface area contributed by atoms with Crippen molar-refractivity contribution in [1.82, 2.24) is 39.6 Å². The molecule has 7 rings (SSSR count). The average molecular weight is 624 g/mol. The van der Waals surface area contributed by atoms with Crippen LogP contribution in [0.15, 0.2) is 42.9 Å². The summed E-state index contributed by atoms with van der Waals surface area (Å²) in [6.07, 6.45) is 8.42. The Morgan fingerprint density at radius 1 is 1.11 bits per heavy atom. The van der Waals surface area contributed by atoms with Crippen molar-refractivity contribution in [3.05, 3.63) is 54.1 Å². The van der Waals surface area contributed by atoms with E-state index in [0.29, 0.717) is 47.6 Å². The summed E-state index contributed by atoms with van der Waals surface area (Å²) in [7, 11) is 3.48. The van der Waals surface area contributed by atoms with Gasteiger partial charge in [-0.05, 0) is 50.8 Å². The first-order valence-corrected chi connectivity index (χ1v) is 15.4. The van der Waals surface area contributed by atoms with E-state index in [1.54, 1.807) is 30.3 Å². The molecule has 1 aromatic carbocycles. The first-order chi connectivity index (χ1) is 22.3. The van der Waals surface area contributed by atoms with Gasteiger partial charge in [-0.3, -0.25) is 14.4 Å². The summed E-state index contributed by atoms with van der Waals surface area (Å²) >= 11 is 0. The lowest BCUT2D eigenvalue weighted by molar-refractivity contribution is -0.117. The molecule has 238 valence electrons. The molecule has 1 aliphatic heterocycles. The maximum absolute atomic E-state index is 13.3. The highest BCUT2D eigenvalue weighted by Gasteiger charge is 2.27. The van der Waals surface area contributed by atoms with Crippen LogP contribution in [0.4, 0.5) is 23.4 Å². The number of nitrogens with zero attached hydrogens (tertiary/aromatic N) is 7. The molecule has 4 aromatic heterocycles. The van der Waals surface area contributed by atoms with Crippen LogP contribution in [0.5, 0.6) is 11.6 Å². The van der Waals surface area contributed by atoms with Gasteiger partial charge < -0.3 is 30.4 Å². The largest absolute Gasteiger partial charge is 0.494 e. The number of hydrogen-bond acceptors (Lipinski definition) is 11. The van der Waals surface area contributed by atoms with Crippen molar-refractivity contribution in [2.24, 2.45) is 7.05 Å². The third-order valence-corrected chi connectivity index (χ3v) is 8.31. The molecule has 46 heavy (non-hydrogen) atoms. The number of aromatic nitrogens is 7. The zero-order valence-electron chi connectivity index (χ0n) is 26.3. The SMILES string of the molecule is COc1ccc2c(-c3nc(Nc4cc(C)n(C)n4)ncc3C)c[nH]c2c1NC(=O)CN1CCC(Oc2ccnc(NC3CC3)n2)C1. The molecule has 14 heteroatoms. The van der Waals surface area contributed by atoms with Crippen LogP contribution in [-0.2, 0) is 11.8 Å². The van der Waals surface area contributed by atoms with Crippen LogP contribution in [0, 0.1) is 13.8 Å². The van der Waals surface area contributed by atoms with E-state index in [4.69, 9.17) is 14.5 Å². The summed E-state index contributed by atoms with van der Waals surface area (Å²) in [5.74, 6) is 2.67. The first-order valence-electron chi connectivity index (χ1n) is 15.4. The van der Waals surface area contributed by atoms with E-state index in [2.05, 4.69) is 45.9 Å². The van der Waals surface area contributed by atoms with Crippen molar-refractivity contribution in [3.8, 4) is 22.9 Å². The van der Waals surface area contributed by atoms with E-state index in [0.717, 1.165) is 59.2 Å². The standard InChI is InChI=1S/C32H37N11O3/c1-18-14-35-32(37-25-13-19(2)42(3)41-25)40-28(18)23-15-34-29-22(23)7-8-24(45-4)30(29)38-26(44)17-43-12-10-21(16-43)46-27-9-11-33-31(39-27)36-20-5-6-20/h7-9,11,13-15,20-21,34H,5-6,10,12,16-17H2,1-4H3,(H,38,44)(H,33,36,39)(H,35,37,40,41). The maximum atomic E-state index is 13.3. The molecule has 2 aliphatic rings. The molecule has 0 spiro atoms. The summed E-state index contributed by atoms with van der Waals surface area (Å²) in [4.78, 5) is 36.8. The van der Waals surface area contributed by atoms with Crippen molar-refractivity contribution in [1.29, 1.82) is 0 Å². The minimum atomic E-state index is -0.143. The van der Waals surface area contributed by atoms with Crippen LogP contribution in [-0.4, -0.2) is 84.4 Å². The van der Waals surface area contributed by atoms with Crippen molar-refractivity contribution >= 4 is 40.2 Å². The number of carbonyl (C=O) groups is 1. The van der Waals surface area contributed by atoms with Gasteiger partial charge in [0.2, 0.25) is 23.7 Å². The molecule has 5 aromatic rings. The van der Waals surface area contributed by atoms with E-state index in [1.165, 1.54) is 0 Å². The normalized spacial score (nSPS) is 16.5. The fourth-order valence-electron chi connectivity index (χ4n) is 5.66. The number of hydrogen-bond donors (Lipinski definition) is 4. The third kappa shape index (κ3) is 6.29. The molecule has 2 fully saturated rings. The van der Waals surface area contributed by atoms with Crippen LogP contribution in [0.1, 0.15) is 30.5 Å². The van der Waals surface area contributed by atoms with E-state index < -0.39 is 0 Å². The number of aryl methyl sites for hydroxylation is 3. The fourth-order valence-corrected chi connectivity index (χ4v) is 5.66. The van der Waals surface area contributed by atoms with Gasteiger partial charge in [-0.1, -0.05) is 0 Å². The number of carbonyl (C=O) groups excluding carboxylic acids is 1. The monoisotopic (exact) mass is 623 g/mol. The average Bonchev–Trinajstić information content (AvgIpc) is 3.41. The molecule has 1 saturated heterocycles. The molecule has 5 heterocycles. The van der Waals surface area contributed by atoms with E-state index in [9.17, 15) is 4.79 Å². The second-order valence-corrected chi connectivity index (χ2v) is 11.9. The minimum absolute atomic E-state index is 0.0578. The lowest BCUT2D eigenvalue weighted by atomic mass is 10.1. The highest BCUT2D eigenvalue weighted by molar-refractivity contribution is 6.08. The Kier molecular flexibility index (Phi) is 7.86. The number of nitrogens with one attached hydrogen (secondary N) is 4. The Hall–Kier alpha value is -5.24. The smallest absolute Gasteiger partial charge is 0.238 e. The summed E-state index contributed by atoms with van der Waals surface area (Å²) < 4.78 is 13.6. The topological polar surface area (TPSA) is 160 Å². The molecule has 4 N–H and O–H groups in total. The summed E-state index contributed by atoms with van der Waals surface area (Å²) in [6.45, 7) is 5.54. The Labute approximate surface area is 266 Å². The van der Waals surface area contributed by atoms with Crippen LogP contribution >= 0.6 is 0 Å². The Morgan fingerprint density at radius 3 is 2.76 bits per heavy atom. The van der Waals surface area contributed by atoms with Crippen molar-refractivity contribution in [2.75, 3.05) is 42.7 Å². The Morgan fingerprint density at radius 2 is 1.98 bits per heavy atom. The molecule has 14 nitrogen and oxygen atoms in total. The Balaban J connectivity index is 1.04. The zero-order valence-corrected chi connectivity index (χ0v) is 26.3. The summed E-state index contributed by atoms with van der Waals surface area (Å²) in [6, 6.07) is 7.99. The number of H-pyrrole nitrogens is 1. The number of ether oxygens (including phenoxy) is 2. The van der Waals surface area contributed by atoms with Crippen molar-refractivity contribution < 1.29 is 14.3 Å². The quantitative estimate of drug-likeness (QED) is 0.167. The molecule has 0 bridgehead atoms. The van der Waals surface area contributed by atoms with Crippen molar-refractivity contribution in [3.63, 3.8) is 0 Å². The van der Waals surface area contributed by atoms with Crippen LogP contribution in [0.25, 0.3) is 22.2 Å². The molecule has 1 aliphatic carbocycles. The predicted molar refractivity (Wildman–Crippen MR) is 175 cm³/mol. The Bertz CT molecular complexity index is 1880. The molecule has 1 saturated carbocycles. The van der Waals surface area contributed by atoms with Crippen LogP contribution in [0.3, 0.4) is 0 Å². The molecular formula is C32H37N11O3. The number of methoxy groups -OCH3 is 1. The van der Waals surface area contributed by atoms with Gasteiger partial charge in [0.1, 0.15) is 17.5 Å². The van der Waals surface area contributed by atoms with Gasteiger partial charge in [0.15, 0.2) is 5.82 Å². The molecular weight excluding hydrogens is 586 g/mol. The van der Waals surface area contributed by atoms with Crippen LogP contribution < -0.4 is 25.4 Å². The lowest BCUT2D eigenvalue weighted by Crippen LogP contribution is -2.33. The predicted octanol–water partition coefficient (Wildman–Crippen LogP) is 4.18. The van der Waals surface area contributed by atoms with E-state index >= 15 is 0 Å². The number of benzene rings is 1. The van der Waals surface area contributed by atoms with Gasteiger partial charge in [-0.15, -0.1) is 0 Å².